The number of benzene rings is 17. The summed E-state index contributed by atoms with van der Waals surface area (Å²) in [6.07, 6.45) is 0. The van der Waals surface area contributed by atoms with Crippen LogP contribution in [0.4, 0.5) is 5.69 Å². The van der Waals surface area contributed by atoms with Crippen molar-refractivity contribution in [2.75, 3.05) is 0 Å². The van der Waals surface area contributed by atoms with Gasteiger partial charge in [0.1, 0.15) is 0 Å². The Balaban J connectivity index is 0.788. The first kappa shape index (κ1) is 80.2. The van der Waals surface area contributed by atoms with Gasteiger partial charge in [0.05, 0.1) is 34.3 Å². The van der Waals surface area contributed by atoms with Crippen molar-refractivity contribution in [3.63, 3.8) is 0 Å². The van der Waals surface area contributed by atoms with Gasteiger partial charge in [0.2, 0.25) is 0 Å². The molecular formula is C118H72N18. The molecule has 0 saturated carbocycles. The molecule has 634 valence electrons. The number of fused-ring (bicyclic) bond motifs is 6. The molecule has 0 amide bonds. The zero-order chi connectivity index (χ0) is 90.4. The second-order valence-corrected chi connectivity index (χ2v) is 32.9. The lowest BCUT2D eigenvalue weighted by Gasteiger charge is -2.20. The highest BCUT2D eigenvalue weighted by molar-refractivity contribution is 6.14. The summed E-state index contributed by atoms with van der Waals surface area (Å²) in [5.74, 6) is 7.63. The lowest BCUT2D eigenvalue weighted by molar-refractivity contribution is 1.07. The predicted molar refractivity (Wildman–Crippen MR) is 541 cm³/mol. The molecule has 0 spiro atoms. The predicted octanol–water partition coefficient (Wildman–Crippen LogP) is 27.7. The minimum atomic E-state index is 0.424. The number of hydrogen-bond acceptors (Lipinski definition) is 15. The normalized spacial score (nSPS) is 11.4. The molecule has 0 unspecified atom stereocenters. The van der Waals surface area contributed by atoms with Crippen molar-refractivity contribution in [1.82, 2.24) is 83.9 Å². The van der Waals surface area contributed by atoms with Crippen molar-refractivity contribution in [3.05, 3.63) is 448 Å². The van der Waals surface area contributed by atoms with Gasteiger partial charge in [-0.05, 0) is 120 Å². The maximum absolute atomic E-state index is 8.15. The van der Waals surface area contributed by atoms with E-state index in [0.29, 0.717) is 98.6 Å². The molecule has 0 aliphatic rings. The molecule has 24 aromatic rings. The molecule has 0 aliphatic carbocycles. The highest BCUT2D eigenvalue weighted by Crippen LogP contribution is 2.47. The Morgan fingerprint density at radius 1 is 0.154 bits per heavy atom. The van der Waals surface area contributed by atoms with Crippen LogP contribution in [0.5, 0.6) is 0 Å². The van der Waals surface area contributed by atoms with Crippen LogP contribution in [-0.4, -0.2) is 83.9 Å². The molecule has 0 saturated heterocycles. The van der Waals surface area contributed by atoms with Crippen LogP contribution in [0.15, 0.2) is 437 Å². The number of nitrogens with zero attached hydrogens (tertiary/aromatic N) is 18. The molecule has 7 aromatic heterocycles. The lowest BCUT2D eigenvalue weighted by atomic mass is 9.93. The SMILES string of the molecule is [C-]#[N+]c1ccc(-c2ccc(-n3c4ccc(-c5nc(-c6ccccc6)nc(-c6ccccc6)n5)cc4c4cc(-c5nc(-c6ccccc6)nc(-c6ccccc6)n5)ccc43)c(-c3cc(-n4c5ccc(-c6nc(-c7ccccc7)nc(-c7ccccc7)n6)cc5c5cc(-c6nc(-c7ccccc7)nc(-c7ccccc7)n6)ccc54)ccc3-c3nc(-c4ccccc4)nc(-c4ccccc4)n3)c2)cc1. The molecule has 0 radical (unpaired) electrons. The van der Waals surface area contributed by atoms with Gasteiger partial charge in [-0.25, -0.2) is 79.6 Å². The van der Waals surface area contributed by atoms with E-state index in [0.717, 1.165) is 155 Å². The van der Waals surface area contributed by atoms with E-state index in [-0.39, 0.29) is 0 Å². The van der Waals surface area contributed by atoms with E-state index in [1.165, 1.54) is 0 Å². The van der Waals surface area contributed by atoms with Crippen LogP contribution in [0.3, 0.4) is 0 Å². The summed E-state index contributed by atoms with van der Waals surface area (Å²) in [6, 6.07) is 147. The maximum atomic E-state index is 8.15. The zero-order valence-electron chi connectivity index (χ0n) is 72.6. The molecule has 0 fully saturated rings. The quantitative estimate of drug-likeness (QED) is 0.0690. The Bertz CT molecular complexity index is 8080. The van der Waals surface area contributed by atoms with Gasteiger partial charge < -0.3 is 9.13 Å². The summed E-state index contributed by atoms with van der Waals surface area (Å²) >= 11 is 0. The molecule has 0 N–H and O–H groups in total. The van der Waals surface area contributed by atoms with E-state index < -0.39 is 0 Å². The standard InChI is InChI=1S/C118H72N18/c1-119-90-59-52-74(53-60-90)85-54-63-101(136-102-66-57-88(116-129-108(79-40-20-6-21-41-79)122-109(130-116)80-42-22-7-23-43-80)71-97(102)98-72-89(58-67-103(98)136)117-131-110(81-44-24-8-25-45-81)123-111(132-117)82-46-26-9-27-47-82)94(68-85)93-73-91(61-62-92(93)118-133-112(83-48-28-10-29-49-83)124-113(134-118)84-50-30-11-31-51-84)135-99-64-55-86(114-125-104(75-32-12-2-13-33-75)120-105(126-114)76-34-14-3-15-35-76)69-95(99)96-70-87(56-65-100(96)135)115-127-106(77-36-16-4-17-37-77)121-107(128-115)78-38-18-5-19-39-78/h2-73H. The highest BCUT2D eigenvalue weighted by atomic mass is 15.1. The van der Waals surface area contributed by atoms with Crippen LogP contribution >= 0.6 is 0 Å². The Kier molecular flexibility index (Phi) is 20.5. The average Bonchev–Trinajstić information content (AvgIpc) is 1.54. The van der Waals surface area contributed by atoms with Gasteiger partial charge >= 0.3 is 0 Å². The number of aromatic nitrogens is 17. The van der Waals surface area contributed by atoms with Crippen molar-refractivity contribution in [3.8, 4) is 204 Å². The minimum absolute atomic E-state index is 0.424. The molecular weight excluding hydrogens is 1670 g/mol. The van der Waals surface area contributed by atoms with E-state index in [1.807, 2.05) is 328 Å². The Morgan fingerprint density at radius 2 is 0.375 bits per heavy atom. The van der Waals surface area contributed by atoms with E-state index in [9.17, 15) is 0 Å². The van der Waals surface area contributed by atoms with Crippen LogP contribution < -0.4 is 0 Å². The van der Waals surface area contributed by atoms with Gasteiger partial charge in [-0.15, -0.1) is 0 Å². The van der Waals surface area contributed by atoms with Crippen molar-refractivity contribution < 1.29 is 0 Å². The summed E-state index contributed by atoms with van der Waals surface area (Å²) < 4.78 is 4.69. The monoisotopic (exact) mass is 1740 g/mol. The van der Waals surface area contributed by atoms with Crippen molar-refractivity contribution in [2.24, 2.45) is 0 Å². The summed E-state index contributed by atoms with van der Waals surface area (Å²) in [5, 5.41) is 3.55. The largest absolute Gasteiger partial charge is 0.309 e. The van der Waals surface area contributed by atoms with Crippen LogP contribution in [0.1, 0.15) is 0 Å². The van der Waals surface area contributed by atoms with E-state index in [1.54, 1.807) is 0 Å². The topological polar surface area (TPSA) is 208 Å². The van der Waals surface area contributed by atoms with Gasteiger partial charge in [-0.2, -0.15) is 0 Å². The average molecular weight is 1740 g/mol. The van der Waals surface area contributed by atoms with E-state index >= 15 is 0 Å². The van der Waals surface area contributed by atoms with Crippen molar-refractivity contribution in [2.45, 2.75) is 0 Å². The zero-order valence-corrected chi connectivity index (χ0v) is 72.6. The Hall–Kier alpha value is -19.1. The van der Waals surface area contributed by atoms with E-state index in [2.05, 4.69) is 123 Å². The van der Waals surface area contributed by atoms with Gasteiger partial charge in [0.25, 0.3) is 0 Å². The fourth-order valence-corrected chi connectivity index (χ4v) is 17.8. The maximum Gasteiger partial charge on any atom is 0.187 e. The first-order chi connectivity index (χ1) is 67.3. The molecule has 7 heterocycles. The van der Waals surface area contributed by atoms with Crippen molar-refractivity contribution in [1.29, 1.82) is 0 Å². The van der Waals surface area contributed by atoms with Crippen LogP contribution in [-0.2, 0) is 0 Å². The van der Waals surface area contributed by atoms with Gasteiger partial charge in [-0.1, -0.05) is 334 Å². The Labute approximate surface area is 780 Å². The molecule has 17 aromatic carbocycles. The second kappa shape index (κ2) is 34.7. The summed E-state index contributed by atoms with van der Waals surface area (Å²) in [5.41, 5.74) is 21.1. The van der Waals surface area contributed by atoms with Gasteiger partial charge in [-0.3, -0.25) is 0 Å². The lowest BCUT2D eigenvalue weighted by Crippen LogP contribution is -2.04. The van der Waals surface area contributed by atoms with Crippen LogP contribution in [0.2, 0.25) is 0 Å². The van der Waals surface area contributed by atoms with Crippen molar-refractivity contribution >= 4 is 49.3 Å². The molecule has 136 heavy (non-hydrogen) atoms. The van der Waals surface area contributed by atoms with Crippen LogP contribution in [0, 0.1) is 6.57 Å². The fourth-order valence-electron chi connectivity index (χ4n) is 17.8. The van der Waals surface area contributed by atoms with Gasteiger partial charge in [0.15, 0.2) is 93.1 Å². The summed E-state index contributed by atoms with van der Waals surface area (Å²) in [7, 11) is 0. The molecule has 0 atom stereocenters. The summed E-state index contributed by atoms with van der Waals surface area (Å²) in [6.45, 7) is 8.15. The smallest absolute Gasteiger partial charge is 0.187 e. The molecule has 18 heteroatoms. The van der Waals surface area contributed by atoms with Crippen LogP contribution in [0.25, 0.3) is 253 Å². The van der Waals surface area contributed by atoms with E-state index in [4.69, 9.17) is 81.3 Å². The molecule has 18 nitrogen and oxygen atoms in total. The molecule has 0 bridgehead atoms. The fraction of sp³-hybridized carbons (Fsp3) is 0. The first-order valence-electron chi connectivity index (χ1n) is 44.6. The first-order valence-corrected chi connectivity index (χ1v) is 44.6. The van der Waals surface area contributed by atoms with Gasteiger partial charge in [0, 0.05) is 116 Å². The highest BCUT2D eigenvalue weighted by Gasteiger charge is 2.28. The minimum Gasteiger partial charge on any atom is -0.309 e. The second-order valence-electron chi connectivity index (χ2n) is 32.9. The number of hydrogen-bond donors (Lipinski definition) is 0. The number of rotatable bonds is 19. The molecule has 0 aliphatic heterocycles. The third-order valence-corrected chi connectivity index (χ3v) is 24.4. The molecule has 24 rings (SSSR count). The Morgan fingerprint density at radius 3 is 0.625 bits per heavy atom. The third kappa shape index (κ3) is 15.4. The third-order valence-electron chi connectivity index (χ3n) is 24.4. The summed E-state index contributed by atoms with van der Waals surface area (Å²) in [4.78, 5) is 83.6.